The monoisotopic (exact) mass is 441 g/mol. The van der Waals surface area contributed by atoms with Gasteiger partial charge < -0.3 is 15.4 Å². The number of nitrogens with zero attached hydrogens (tertiary/aromatic N) is 3. The summed E-state index contributed by atoms with van der Waals surface area (Å²) in [6.45, 7) is 5.87. The average Bonchev–Trinajstić information content (AvgIpc) is 2.72. The number of benzene rings is 2. The highest BCUT2D eigenvalue weighted by Gasteiger charge is 2.09. The Morgan fingerprint density at radius 1 is 1.07 bits per heavy atom. The summed E-state index contributed by atoms with van der Waals surface area (Å²) in [6, 6.07) is 14.2. The molecule has 0 saturated carbocycles. The number of rotatable bonds is 7. The van der Waals surface area contributed by atoms with Crippen LogP contribution in [0.25, 0.3) is 10.9 Å². The molecule has 0 bridgehead atoms. The summed E-state index contributed by atoms with van der Waals surface area (Å²) in [5, 5.41) is 7.77. The van der Waals surface area contributed by atoms with Crippen molar-refractivity contribution >= 4 is 44.2 Å². The molecule has 146 valence electrons. The highest BCUT2D eigenvalue weighted by molar-refractivity contribution is 9.10. The van der Waals surface area contributed by atoms with Crippen LogP contribution in [0.4, 0.5) is 17.3 Å². The molecule has 1 aliphatic rings. The normalized spacial score (nSPS) is 14.9. The van der Waals surface area contributed by atoms with Crippen LogP contribution in [-0.4, -0.2) is 54.3 Å². The van der Waals surface area contributed by atoms with Crippen LogP contribution in [0.5, 0.6) is 0 Å². The van der Waals surface area contributed by atoms with Crippen LogP contribution < -0.4 is 10.6 Å². The van der Waals surface area contributed by atoms with Crippen LogP contribution in [-0.2, 0) is 4.74 Å². The Hall–Kier alpha value is -2.22. The molecule has 2 aromatic carbocycles. The highest BCUT2D eigenvalue weighted by atomic mass is 79.9. The van der Waals surface area contributed by atoms with Gasteiger partial charge in [0.05, 0.1) is 18.7 Å². The maximum absolute atomic E-state index is 5.39. The van der Waals surface area contributed by atoms with Gasteiger partial charge in [0.1, 0.15) is 0 Å². The van der Waals surface area contributed by atoms with Gasteiger partial charge in [-0.15, -0.1) is 0 Å². The van der Waals surface area contributed by atoms with Gasteiger partial charge in [-0.3, -0.25) is 4.90 Å². The van der Waals surface area contributed by atoms with Gasteiger partial charge in [-0.25, -0.2) is 9.97 Å². The number of morpholine rings is 1. The predicted octanol–water partition coefficient (Wildman–Crippen LogP) is 4.27. The van der Waals surface area contributed by atoms with E-state index in [2.05, 4.69) is 53.6 Å². The molecule has 2 N–H and O–H groups in total. The summed E-state index contributed by atoms with van der Waals surface area (Å²) in [7, 11) is 0. The lowest BCUT2D eigenvalue weighted by atomic mass is 10.2. The number of hydrogen-bond acceptors (Lipinski definition) is 6. The van der Waals surface area contributed by atoms with Crippen molar-refractivity contribution in [3.05, 3.63) is 53.1 Å². The average molecular weight is 442 g/mol. The smallest absolute Gasteiger partial charge is 0.227 e. The van der Waals surface area contributed by atoms with Crippen molar-refractivity contribution in [2.45, 2.75) is 6.42 Å². The maximum Gasteiger partial charge on any atom is 0.227 e. The quantitative estimate of drug-likeness (QED) is 0.533. The van der Waals surface area contributed by atoms with E-state index in [0.717, 1.165) is 72.6 Å². The van der Waals surface area contributed by atoms with Gasteiger partial charge in [-0.05, 0) is 49.4 Å². The SMILES string of the molecule is Brc1cccc(Nc2ncc3cc(NCCCN4CCOCC4)ccc3n2)c1. The van der Waals surface area contributed by atoms with E-state index in [1.165, 1.54) is 0 Å². The lowest BCUT2D eigenvalue weighted by Gasteiger charge is -2.26. The van der Waals surface area contributed by atoms with Gasteiger partial charge in [-0.1, -0.05) is 22.0 Å². The zero-order chi connectivity index (χ0) is 19.2. The highest BCUT2D eigenvalue weighted by Crippen LogP contribution is 2.21. The fourth-order valence-corrected chi connectivity index (χ4v) is 3.66. The Morgan fingerprint density at radius 3 is 2.82 bits per heavy atom. The number of aromatic nitrogens is 2. The van der Waals surface area contributed by atoms with E-state index in [1.54, 1.807) is 0 Å². The molecule has 1 fully saturated rings. The van der Waals surface area contributed by atoms with Gasteiger partial charge in [-0.2, -0.15) is 0 Å². The standard InChI is InChI=1S/C21H24BrN5O/c22-17-3-1-4-19(14-17)25-21-24-15-16-13-18(5-6-20(16)26-21)23-7-2-8-27-9-11-28-12-10-27/h1,3-6,13-15,23H,2,7-12H2,(H,24,25,26). The van der Waals surface area contributed by atoms with Crippen LogP contribution in [0.15, 0.2) is 53.1 Å². The van der Waals surface area contributed by atoms with Gasteiger partial charge >= 0.3 is 0 Å². The van der Waals surface area contributed by atoms with E-state index >= 15 is 0 Å². The second-order valence-corrected chi connectivity index (χ2v) is 7.75. The third-order valence-corrected chi connectivity index (χ3v) is 5.24. The largest absolute Gasteiger partial charge is 0.385 e. The van der Waals surface area contributed by atoms with Crippen molar-refractivity contribution in [3.8, 4) is 0 Å². The first-order valence-corrected chi connectivity index (χ1v) is 10.4. The fraction of sp³-hybridized carbons (Fsp3) is 0.333. The molecular formula is C21H24BrN5O. The molecule has 1 aliphatic heterocycles. The Morgan fingerprint density at radius 2 is 1.96 bits per heavy atom. The number of nitrogens with one attached hydrogen (secondary N) is 2. The number of ether oxygens (including phenoxy) is 1. The second-order valence-electron chi connectivity index (χ2n) is 6.84. The second kappa shape index (κ2) is 9.32. The Bertz CT molecular complexity index is 930. The molecule has 2 heterocycles. The topological polar surface area (TPSA) is 62.3 Å². The molecule has 4 rings (SSSR count). The van der Waals surface area contributed by atoms with Crippen LogP contribution in [0.1, 0.15) is 6.42 Å². The van der Waals surface area contributed by atoms with Crippen molar-refractivity contribution in [3.63, 3.8) is 0 Å². The van der Waals surface area contributed by atoms with E-state index in [1.807, 2.05) is 36.5 Å². The summed E-state index contributed by atoms with van der Waals surface area (Å²) in [4.78, 5) is 11.5. The number of hydrogen-bond donors (Lipinski definition) is 2. The summed E-state index contributed by atoms with van der Waals surface area (Å²) in [6.07, 6.45) is 2.98. The van der Waals surface area contributed by atoms with Crippen LogP contribution >= 0.6 is 15.9 Å². The van der Waals surface area contributed by atoms with Crippen molar-refractivity contribution in [2.75, 3.05) is 50.0 Å². The molecular weight excluding hydrogens is 418 g/mol. The van der Waals surface area contributed by atoms with E-state index in [4.69, 9.17) is 4.74 Å². The predicted molar refractivity (Wildman–Crippen MR) is 117 cm³/mol. The lowest BCUT2D eigenvalue weighted by molar-refractivity contribution is 0.0378. The van der Waals surface area contributed by atoms with Crippen LogP contribution in [0.2, 0.25) is 0 Å². The first-order valence-electron chi connectivity index (χ1n) is 9.60. The van der Waals surface area contributed by atoms with Crippen molar-refractivity contribution < 1.29 is 4.74 Å². The Labute approximate surface area is 173 Å². The molecule has 28 heavy (non-hydrogen) atoms. The first-order chi connectivity index (χ1) is 13.8. The number of halogens is 1. The molecule has 1 aromatic heterocycles. The van der Waals surface area contributed by atoms with Crippen LogP contribution in [0, 0.1) is 0 Å². The summed E-state index contributed by atoms with van der Waals surface area (Å²) >= 11 is 3.48. The van der Waals surface area contributed by atoms with E-state index in [9.17, 15) is 0 Å². The maximum atomic E-state index is 5.39. The third-order valence-electron chi connectivity index (χ3n) is 4.74. The molecule has 0 unspecified atom stereocenters. The minimum absolute atomic E-state index is 0.594. The zero-order valence-electron chi connectivity index (χ0n) is 15.7. The molecule has 0 atom stereocenters. The van der Waals surface area contributed by atoms with Crippen molar-refractivity contribution in [2.24, 2.45) is 0 Å². The Balaban J connectivity index is 1.33. The van der Waals surface area contributed by atoms with Gasteiger partial charge in [0.25, 0.3) is 0 Å². The van der Waals surface area contributed by atoms with Gasteiger partial charge in [0.15, 0.2) is 0 Å². The summed E-state index contributed by atoms with van der Waals surface area (Å²) in [5.74, 6) is 0.594. The summed E-state index contributed by atoms with van der Waals surface area (Å²) in [5.41, 5.74) is 2.98. The molecule has 0 radical (unpaired) electrons. The van der Waals surface area contributed by atoms with Gasteiger partial charge in [0, 0.05) is 47.1 Å². The molecule has 0 spiro atoms. The van der Waals surface area contributed by atoms with E-state index < -0.39 is 0 Å². The first kappa shape index (κ1) is 19.1. The summed E-state index contributed by atoms with van der Waals surface area (Å²) < 4.78 is 6.40. The molecule has 3 aromatic rings. The number of fused-ring (bicyclic) bond motifs is 1. The molecule has 0 amide bonds. The van der Waals surface area contributed by atoms with Gasteiger partial charge in [0.2, 0.25) is 5.95 Å². The lowest BCUT2D eigenvalue weighted by Crippen LogP contribution is -2.37. The molecule has 7 heteroatoms. The van der Waals surface area contributed by atoms with Crippen LogP contribution in [0.3, 0.4) is 0 Å². The minimum Gasteiger partial charge on any atom is -0.385 e. The van der Waals surface area contributed by atoms with Crippen molar-refractivity contribution in [1.29, 1.82) is 0 Å². The fourth-order valence-electron chi connectivity index (χ4n) is 3.26. The number of anilines is 3. The Kier molecular flexibility index (Phi) is 6.36. The molecule has 1 saturated heterocycles. The third kappa shape index (κ3) is 5.19. The molecule has 0 aliphatic carbocycles. The van der Waals surface area contributed by atoms with E-state index in [0.29, 0.717) is 5.95 Å². The van der Waals surface area contributed by atoms with Crippen molar-refractivity contribution in [1.82, 2.24) is 14.9 Å². The zero-order valence-corrected chi connectivity index (χ0v) is 17.3. The minimum atomic E-state index is 0.594. The molecule has 6 nitrogen and oxygen atoms in total. The van der Waals surface area contributed by atoms with E-state index in [-0.39, 0.29) is 0 Å².